The van der Waals surface area contributed by atoms with Crippen LogP contribution in [0.2, 0.25) is 0 Å². The van der Waals surface area contributed by atoms with Crippen LogP contribution in [-0.4, -0.2) is 15.2 Å². The minimum Gasteiger partial charge on any atom is -0.507 e. The van der Waals surface area contributed by atoms with Crippen LogP contribution >= 0.6 is 0 Å². The fraction of sp³-hybridized carbons (Fsp3) is 0.393. The lowest BCUT2D eigenvalue weighted by atomic mass is 9.80. The van der Waals surface area contributed by atoms with Crippen molar-refractivity contribution in [3.63, 3.8) is 0 Å². The topological polar surface area (TPSA) is 53.4 Å². The molecule has 0 spiro atoms. The molecule has 1 aromatic heterocycles. The molecule has 2 aromatic carbocycles. The summed E-state index contributed by atoms with van der Waals surface area (Å²) in [6, 6.07) is 10.1. The van der Waals surface area contributed by atoms with Crippen molar-refractivity contribution < 1.29 is 10.2 Å². The molecule has 0 saturated carbocycles. The van der Waals surface area contributed by atoms with Gasteiger partial charge in [-0.25, -0.2) is 0 Å². The molecule has 0 saturated heterocycles. The van der Waals surface area contributed by atoms with E-state index in [9.17, 15) is 10.2 Å². The number of rotatable bonds is 2. The van der Waals surface area contributed by atoms with Gasteiger partial charge in [0.05, 0.1) is 0 Å². The van der Waals surface area contributed by atoms with E-state index in [1.807, 2.05) is 51.1 Å². The molecule has 164 valence electrons. The molecule has 0 amide bonds. The molecule has 0 fully saturated rings. The Morgan fingerprint density at radius 1 is 0.645 bits per heavy atom. The largest absolute Gasteiger partial charge is 0.507 e. The zero-order valence-corrected chi connectivity index (χ0v) is 20.3. The number of aryl methyl sites for hydroxylation is 3. The Bertz CT molecular complexity index is 1150. The van der Waals surface area contributed by atoms with Crippen LogP contribution in [0.15, 0.2) is 36.5 Å². The van der Waals surface area contributed by atoms with E-state index in [1.54, 1.807) is 6.20 Å². The molecule has 0 radical (unpaired) electrons. The van der Waals surface area contributed by atoms with E-state index in [-0.39, 0.29) is 22.3 Å². The molecule has 0 aliphatic carbocycles. The van der Waals surface area contributed by atoms with Crippen molar-refractivity contribution in [1.29, 1.82) is 0 Å². The second-order valence-electron chi connectivity index (χ2n) is 10.7. The summed E-state index contributed by atoms with van der Waals surface area (Å²) >= 11 is 0. The van der Waals surface area contributed by atoms with Crippen LogP contribution in [0.25, 0.3) is 22.3 Å². The minimum atomic E-state index is -0.202. The summed E-state index contributed by atoms with van der Waals surface area (Å²) in [7, 11) is 0. The second-order valence-corrected chi connectivity index (χ2v) is 10.7. The molecule has 0 aliphatic rings. The minimum absolute atomic E-state index is 0.196. The Balaban J connectivity index is 2.41. The monoisotopic (exact) mass is 417 g/mol. The molecular weight excluding hydrogens is 382 g/mol. The first kappa shape index (κ1) is 22.9. The Labute approximate surface area is 186 Å². The summed E-state index contributed by atoms with van der Waals surface area (Å²) in [5, 5.41) is 22.6. The molecule has 3 heteroatoms. The summed E-state index contributed by atoms with van der Waals surface area (Å²) in [6.45, 7) is 18.7. The maximum atomic E-state index is 11.3. The summed E-state index contributed by atoms with van der Waals surface area (Å²) in [6.07, 6.45) is 1.77. The number of phenolic OH excluding ortho intramolecular Hbond substituents is 2. The van der Waals surface area contributed by atoms with E-state index in [2.05, 4.69) is 46.5 Å². The van der Waals surface area contributed by atoms with Crippen LogP contribution in [0.1, 0.15) is 69.5 Å². The summed E-state index contributed by atoms with van der Waals surface area (Å²) < 4.78 is 0. The average Bonchev–Trinajstić information content (AvgIpc) is 2.63. The lowest BCUT2D eigenvalue weighted by Crippen LogP contribution is -2.13. The van der Waals surface area contributed by atoms with E-state index in [1.165, 1.54) is 0 Å². The molecule has 3 aromatic rings. The van der Waals surface area contributed by atoms with Gasteiger partial charge in [0, 0.05) is 39.7 Å². The van der Waals surface area contributed by atoms with Gasteiger partial charge < -0.3 is 10.2 Å². The first-order chi connectivity index (χ1) is 14.2. The van der Waals surface area contributed by atoms with Gasteiger partial charge in [0.25, 0.3) is 0 Å². The molecule has 0 bridgehead atoms. The van der Waals surface area contributed by atoms with Crippen LogP contribution in [0.5, 0.6) is 11.5 Å². The number of phenols is 2. The molecule has 3 rings (SSSR count). The molecule has 2 N–H and O–H groups in total. The third kappa shape index (κ3) is 4.32. The fourth-order valence-electron chi connectivity index (χ4n) is 4.23. The first-order valence-corrected chi connectivity index (χ1v) is 10.9. The van der Waals surface area contributed by atoms with Crippen molar-refractivity contribution in [1.82, 2.24) is 4.98 Å². The number of hydrogen-bond donors (Lipinski definition) is 2. The fourth-order valence-corrected chi connectivity index (χ4v) is 4.23. The predicted octanol–water partition coefficient (Wildman–Crippen LogP) is 7.35. The van der Waals surface area contributed by atoms with Gasteiger partial charge in [-0.3, -0.25) is 4.98 Å². The Kier molecular flexibility index (Phi) is 5.69. The van der Waals surface area contributed by atoms with Gasteiger partial charge in [0.15, 0.2) is 0 Å². The van der Waals surface area contributed by atoms with Gasteiger partial charge in [-0.05, 0) is 66.5 Å². The molecular formula is C28H35NO2. The number of benzene rings is 2. The highest BCUT2D eigenvalue weighted by atomic mass is 16.3. The van der Waals surface area contributed by atoms with Crippen LogP contribution in [0, 0.1) is 20.8 Å². The van der Waals surface area contributed by atoms with Crippen LogP contribution in [0.4, 0.5) is 0 Å². The van der Waals surface area contributed by atoms with Gasteiger partial charge in [0.2, 0.25) is 0 Å². The number of hydrogen-bond acceptors (Lipinski definition) is 3. The maximum Gasteiger partial charge on any atom is 0.127 e. The van der Waals surface area contributed by atoms with E-state index in [0.717, 1.165) is 50.2 Å². The zero-order chi connectivity index (χ0) is 23.3. The predicted molar refractivity (Wildman–Crippen MR) is 130 cm³/mol. The maximum absolute atomic E-state index is 11.3. The number of pyridine rings is 1. The van der Waals surface area contributed by atoms with Crippen molar-refractivity contribution in [3.05, 3.63) is 64.5 Å². The van der Waals surface area contributed by atoms with E-state index >= 15 is 0 Å². The Morgan fingerprint density at radius 2 is 1.10 bits per heavy atom. The van der Waals surface area contributed by atoms with Gasteiger partial charge in [-0.1, -0.05) is 53.7 Å². The lowest BCUT2D eigenvalue weighted by Gasteiger charge is -2.25. The van der Waals surface area contributed by atoms with Gasteiger partial charge in [-0.2, -0.15) is 0 Å². The van der Waals surface area contributed by atoms with Crippen molar-refractivity contribution in [2.24, 2.45) is 0 Å². The van der Waals surface area contributed by atoms with E-state index < -0.39 is 0 Å². The molecule has 0 aliphatic heterocycles. The van der Waals surface area contributed by atoms with Gasteiger partial charge >= 0.3 is 0 Å². The molecule has 0 unspecified atom stereocenters. The zero-order valence-electron chi connectivity index (χ0n) is 20.3. The highest BCUT2D eigenvalue weighted by Gasteiger charge is 2.26. The third-order valence-electron chi connectivity index (χ3n) is 5.82. The van der Waals surface area contributed by atoms with Crippen molar-refractivity contribution in [3.8, 4) is 33.8 Å². The van der Waals surface area contributed by atoms with Crippen molar-refractivity contribution >= 4 is 0 Å². The number of aromatic nitrogens is 1. The SMILES string of the molecule is Cc1cc(-c2ccnc(C)c2-c2cc(C)cc(C(C)(C)C)c2O)c(O)c(C(C)(C)C)c1. The van der Waals surface area contributed by atoms with E-state index in [4.69, 9.17) is 0 Å². The van der Waals surface area contributed by atoms with Crippen LogP contribution < -0.4 is 0 Å². The Morgan fingerprint density at radius 3 is 1.58 bits per heavy atom. The normalized spacial score (nSPS) is 12.3. The highest BCUT2D eigenvalue weighted by Crippen LogP contribution is 2.47. The van der Waals surface area contributed by atoms with E-state index in [0.29, 0.717) is 0 Å². The van der Waals surface area contributed by atoms with Crippen LogP contribution in [0.3, 0.4) is 0 Å². The molecule has 31 heavy (non-hydrogen) atoms. The standard InChI is InChI=1S/C28H35NO2/c1-16-12-20(25(30)22(14-16)27(4,5)6)19-10-11-29-18(3)24(19)21-13-17(2)15-23(26(21)31)28(7,8)9/h10-15,30-31H,1-9H3. The first-order valence-electron chi connectivity index (χ1n) is 10.9. The van der Waals surface area contributed by atoms with Crippen molar-refractivity contribution in [2.45, 2.75) is 73.1 Å². The second kappa shape index (κ2) is 7.71. The third-order valence-corrected chi connectivity index (χ3v) is 5.82. The highest BCUT2D eigenvalue weighted by molar-refractivity contribution is 5.90. The summed E-state index contributed by atoms with van der Waals surface area (Å²) in [5.74, 6) is 0.562. The number of nitrogens with zero attached hydrogens (tertiary/aromatic N) is 1. The molecule has 1 heterocycles. The molecule has 3 nitrogen and oxygen atoms in total. The summed E-state index contributed by atoms with van der Waals surface area (Å²) in [5.41, 5.74) is 7.65. The quantitative estimate of drug-likeness (QED) is 0.458. The van der Waals surface area contributed by atoms with Crippen molar-refractivity contribution in [2.75, 3.05) is 0 Å². The van der Waals surface area contributed by atoms with Gasteiger partial charge in [0.1, 0.15) is 11.5 Å². The lowest BCUT2D eigenvalue weighted by molar-refractivity contribution is 0.447. The van der Waals surface area contributed by atoms with Gasteiger partial charge in [-0.15, -0.1) is 0 Å². The average molecular weight is 418 g/mol. The Hall–Kier alpha value is -2.81. The summed E-state index contributed by atoms with van der Waals surface area (Å²) in [4.78, 5) is 4.53. The smallest absolute Gasteiger partial charge is 0.127 e. The molecule has 0 atom stereocenters. The number of aromatic hydroxyl groups is 2. The van der Waals surface area contributed by atoms with Crippen LogP contribution in [-0.2, 0) is 10.8 Å².